The van der Waals surface area contributed by atoms with Crippen LogP contribution < -0.4 is 23.7 Å². The van der Waals surface area contributed by atoms with Crippen LogP contribution in [-0.4, -0.2) is 63.9 Å². The van der Waals surface area contributed by atoms with Crippen LogP contribution in [-0.2, 0) is 16.1 Å². The van der Waals surface area contributed by atoms with Crippen LogP contribution in [0.4, 0.5) is 0 Å². The maximum absolute atomic E-state index is 13.1. The maximum atomic E-state index is 13.1. The highest BCUT2D eigenvalue weighted by molar-refractivity contribution is 6.14. The van der Waals surface area contributed by atoms with E-state index in [0.29, 0.717) is 40.9 Å². The van der Waals surface area contributed by atoms with Crippen LogP contribution in [0.5, 0.6) is 28.7 Å². The molecule has 0 spiro atoms. The van der Waals surface area contributed by atoms with Gasteiger partial charge in [0, 0.05) is 29.6 Å². The number of hydrogen-bond donors (Lipinski definition) is 0. The normalized spacial score (nSPS) is 17.8. The number of benzene rings is 3. The predicted molar refractivity (Wildman–Crippen MR) is 133 cm³/mol. The minimum atomic E-state index is -0.362. The molecular weight excluding hydrogens is 478 g/mol. The molecule has 4 aliphatic rings. The number of rotatable bonds is 7. The lowest BCUT2D eigenvalue weighted by atomic mass is 9.89. The summed E-state index contributed by atoms with van der Waals surface area (Å²) in [6.07, 6.45) is 1.92. The van der Waals surface area contributed by atoms with Gasteiger partial charge in [-0.1, -0.05) is 6.07 Å². The topological polar surface area (TPSA) is 84.9 Å². The Morgan fingerprint density at radius 2 is 1.51 bits per heavy atom. The zero-order valence-electron chi connectivity index (χ0n) is 20.4. The molecule has 1 saturated heterocycles. The summed E-state index contributed by atoms with van der Waals surface area (Å²) < 4.78 is 39.9. The van der Waals surface area contributed by atoms with Crippen molar-refractivity contribution in [3.05, 3.63) is 41.5 Å². The quantitative estimate of drug-likeness (QED) is 0.348. The van der Waals surface area contributed by atoms with E-state index in [1.165, 1.54) is 0 Å². The summed E-state index contributed by atoms with van der Waals surface area (Å²) in [4.78, 5) is 15.5. The Morgan fingerprint density at radius 3 is 2.32 bits per heavy atom. The maximum Gasteiger partial charge on any atom is 0.339 e. The summed E-state index contributed by atoms with van der Waals surface area (Å²) in [5.74, 6) is 2.93. The fourth-order valence-corrected chi connectivity index (χ4v) is 5.42. The van der Waals surface area contributed by atoms with Crippen LogP contribution in [0.15, 0.2) is 30.3 Å². The predicted octanol–water partition coefficient (Wildman–Crippen LogP) is 4.13. The van der Waals surface area contributed by atoms with E-state index in [9.17, 15) is 4.79 Å². The molecule has 1 fully saturated rings. The van der Waals surface area contributed by atoms with Crippen molar-refractivity contribution in [1.82, 2.24) is 4.90 Å². The summed E-state index contributed by atoms with van der Waals surface area (Å²) in [6, 6.07) is 9.57. The van der Waals surface area contributed by atoms with Crippen LogP contribution in [0.1, 0.15) is 28.8 Å². The molecule has 7 rings (SSSR count). The summed E-state index contributed by atoms with van der Waals surface area (Å²) in [7, 11) is 0. The van der Waals surface area contributed by atoms with Crippen molar-refractivity contribution in [2.24, 2.45) is 0 Å². The molecule has 0 radical (unpaired) electrons. The number of ether oxygens (including phenoxy) is 7. The van der Waals surface area contributed by atoms with E-state index in [4.69, 9.17) is 33.2 Å². The van der Waals surface area contributed by atoms with Gasteiger partial charge in [0.05, 0.1) is 25.4 Å². The summed E-state index contributed by atoms with van der Waals surface area (Å²) >= 11 is 0. The molecule has 4 aliphatic heterocycles. The van der Waals surface area contributed by atoms with Gasteiger partial charge in [-0.05, 0) is 54.6 Å². The third kappa shape index (κ3) is 3.98. The van der Waals surface area contributed by atoms with Gasteiger partial charge < -0.3 is 33.2 Å². The van der Waals surface area contributed by atoms with Gasteiger partial charge in [0.2, 0.25) is 13.6 Å². The first-order valence-electron chi connectivity index (χ1n) is 12.7. The monoisotopic (exact) mass is 505 g/mol. The summed E-state index contributed by atoms with van der Waals surface area (Å²) in [5, 5.41) is 1.70. The first-order valence-corrected chi connectivity index (χ1v) is 12.7. The molecule has 37 heavy (non-hydrogen) atoms. The molecule has 0 N–H and O–H groups in total. The Kier molecular flexibility index (Phi) is 5.67. The average Bonchev–Trinajstić information content (AvgIpc) is 3.67. The number of carbonyl (C=O) groups excluding carboxylic acids is 1. The molecule has 3 aromatic carbocycles. The van der Waals surface area contributed by atoms with Crippen LogP contribution in [0.25, 0.3) is 21.9 Å². The molecule has 0 saturated carbocycles. The van der Waals surface area contributed by atoms with E-state index in [0.717, 1.165) is 73.2 Å². The molecule has 0 unspecified atom stereocenters. The molecule has 192 valence electrons. The van der Waals surface area contributed by atoms with Crippen molar-refractivity contribution < 1.29 is 38.0 Å². The van der Waals surface area contributed by atoms with E-state index >= 15 is 0 Å². The fraction of sp³-hybridized carbons (Fsp3) is 0.393. The molecule has 9 nitrogen and oxygen atoms in total. The lowest BCUT2D eigenvalue weighted by molar-refractivity contribution is 0.0368. The van der Waals surface area contributed by atoms with Gasteiger partial charge in [-0.2, -0.15) is 0 Å². The van der Waals surface area contributed by atoms with E-state index in [1.54, 1.807) is 0 Å². The SMILES string of the molecule is O=C1OCc2c1c(-c1ccc3c(c1)OCO3)c1cc3c(cc1c2OCCCCN1CCOCC1)OCO3. The Labute approximate surface area is 213 Å². The number of esters is 1. The smallest absolute Gasteiger partial charge is 0.339 e. The molecule has 4 heterocycles. The lowest BCUT2D eigenvalue weighted by Gasteiger charge is -2.26. The molecule has 3 aromatic rings. The highest BCUT2D eigenvalue weighted by Gasteiger charge is 2.34. The second kappa shape index (κ2) is 9.32. The van der Waals surface area contributed by atoms with Crippen molar-refractivity contribution in [2.45, 2.75) is 19.4 Å². The Balaban J connectivity index is 1.27. The van der Waals surface area contributed by atoms with Crippen molar-refractivity contribution >= 4 is 16.7 Å². The van der Waals surface area contributed by atoms with Gasteiger partial charge in [-0.25, -0.2) is 4.79 Å². The third-order valence-electron chi connectivity index (χ3n) is 7.28. The zero-order chi connectivity index (χ0) is 24.8. The van der Waals surface area contributed by atoms with Crippen LogP contribution in [0.2, 0.25) is 0 Å². The van der Waals surface area contributed by atoms with Crippen molar-refractivity contribution in [2.75, 3.05) is 53.0 Å². The molecule has 0 aromatic heterocycles. The van der Waals surface area contributed by atoms with Crippen LogP contribution in [0.3, 0.4) is 0 Å². The standard InChI is InChI=1S/C28H27NO8/c30-28-26-20(14-33-28)27(32-8-2-1-5-29-6-9-31-10-7-29)19-13-24-23(36-16-37-24)12-18(19)25(26)17-3-4-21-22(11-17)35-15-34-21/h3-4,11-13H,1-2,5-10,14-16H2. The molecular formula is C28H27NO8. The van der Waals surface area contributed by atoms with Crippen molar-refractivity contribution in [3.8, 4) is 39.9 Å². The van der Waals surface area contributed by atoms with E-state index in [-0.39, 0.29) is 26.2 Å². The third-order valence-corrected chi connectivity index (χ3v) is 7.28. The molecule has 0 amide bonds. The number of carbonyl (C=O) groups is 1. The second-order valence-corrected chi connectivity index (χ2v) is 9.46. The first kappa shape index (κ1) is 22.5. The zero-order valence-corrected chi connectivity index (χ0v) is 20.4. The van der Waals surface area contributed by atoms with Gasteiger partial charge in [0.1, 0.15) is 12.4 Å². The minimum Gasteiger partial charge on any atom is -0.492 e. The molecule has 0 bridgehead atoms. The van der Waals surface area contributed by atoms with Crippen LogP contribution in [0, 0.1) is 0 Å². The summed E-state index contributed by atoms with van der Waals surface area (Å²) in [5.41, 5.74) is 2.88. The Bertz CT molecular complexity index is 1380. The largest absolute Gasteiger partial charge is 0.492 e. The molecule has 0 aliphatic carbocycles. The van der Waals surface area contributed by atoms with E-state index in [1.807, 2.05) is 30.3 Å². The van der Waals surface area contributed by atoms with Gasteiger partial charge in [-0.15, -0.1) is 0 Å². The second-order valence-electron chi connectivity index (χ2n) is 9.46. The number of cyclic esters (lactones) is 1. The number of nitrogens with zero attached hydrogens (tertiary/aromatic N) is 1. The van der Waals surface area contributed by atoms with E-state index in [2.05, 4.69) is 4.90 Å². The van der Waals surface area contributed by atoms with Gasteiger partial charge in [0.15, 0.2) is 23.0 Å². The highest BCUT2D eigenvalue weighted by Crippen LogP contribution is 2.49. The van der Waals surface area contributed by atoms with E-state index < -0.39 is 0 Å². The Hall–Kier alpha value is -3.69. The minimum absolute atomic E-state index is 0.157. The van der Waals surface area contributed by atoms with Gasteiger partial charge in [-0.3, -0.25) is 4.90 Å². The summed E-state index contributed by atoms with van der Waals surface area (Å²) in [6.45, 7) is 5.62. The lowest BCUT2D eigenvalue weighted by Crippen LogP contribution is -2.36. The van der Waals surface area contributed by atoms with Gasteiger partial charge in [0.25, 0.3) is 0 Å². The number of morpholine rings is 1. The highest BCUT2D eigenvalue weighted by atomic mass is 16.7. The number of fused-ring (bicyclic) bond motifs is 4. The molecule has 0 atom stereocenters. The number of unbranched alkanes of at least 4 members (excludes halogenated alkanes) is 1. The fourth-order valence-electron chi connectivity index (χ4n) is 5.42. The van der Waals surface area contributed by atoms with Crippen molar-refractivity contribution in [1.29, 1.82) is 0 Å². The molecule has 9 heteroatoms. The van der Waals surface area contributed by atoms with Crippen LogP contribution >= 0.6 is 0 Å². The van der Waals surface area contributed by atoms with Crippen molar-refractivity contribution in [3.63, 3.8) is 0 Å². The first-order chi connectivity index (χ1) is 18.3. The van der Waals surface area contributed by atoms with Gasteiger partial charge >= 0.3 is 5.97 Å². The number of hydrogen-bond acceptors (Lipinski definition) is 9. The average molecular weight is 506 g/mol. The Morgan fingerprint density at radius 1 is 0.784 bits per heavy atom.